The summed E-state index contributed by atoms with van der Waals surface area (Å²) in [5.74, 6) is -0.230. The van der Waals surface area contributed by atoms with Gasteiger partial charge in [-0.05, 0) is 35.9 Å². The van der Waals surface area contributed by atoms with Crippen molar-refractivity contribution in [1.29, 1.82) is 0 Å². The Morgan fingerprint density at radius 2 is 1.96 bits per heavy atom. The maximum atomic E-state index is 14.3. The maximum Gasteiger partial charge on any atom is 0.226 e. The molecule has 1 unspecified atom stereocenters. The molecule has 120 valence electrons. The number of amides is 1. The molecule has 2 heterocycles. The van der Waals surface area contributed by atoms with Crippen LogP contribution in [0.25, 0.3) is 5.69 Å². The second-order valence-electron chi connectivity index (χ2n) is 5.67. The van der Waals surface area contributed by atoms with Gasteiger partial charge >= 0.3 is 0 Å². The van der Waals surface area contributed by atoms with Crippen LogP contribution in [0.5, 0.6) is 0 Å². The molecule has 1 aromatic heterocycles. The number of nitrogens with zero attached hydrogens (tertiary/aromatic N) is 2. The monoisotopic (exact) mass is 385 g/mol. The van der Waals surface area contributed by atoms with Crippen LogP contribution in [-0.2, 0) is 4.79 Å². The van der Waals surface area contributed by atoms with Crippen molar-refractivity contribution in [2.75, 3.05) is 5.32 Å². The molecule has 0 fully saturated rings. The van der Waals surface area contributed by atoms with Crippen molar-refractivity contribution in [2.24, 2.45) is 0 Å². The Labute approximate surface area is 146 Å². The van der Waals surface area contributed by atoms with E-state index in [1.54, 1.807) is 23.0 Å². The van der Waals surface area contributed by atoms with E-state index in [-0.39, 0.29) is 24.1 Å². The zero-order valence-corrected chi connectivity index (χ0v) is 14.1. The number of hydrogen-bond acceptors (Lipinski definition) is 2. The number of fused-ring (bicyclic) bond motifs is 1. The van der Waals surface area contributed by atoms with Crippen LogP contribution >= 0.6 is 15.9 Å². The van der Waals surface area contributed by atoms with Crippen molar-refractivity contribution < 1.29 is 9.18 Å². The summed E-state index contributed by atoms with van der Waals surface area (Å²) in [7, 11) is 0. The third-order valence-corrected chi connectivity index (χ3v) is 4.65. The van der Waals surface area contributed by atoms with Gasteiger partial charge in [0.05, 0.1) is 11.9 Å². The highest BCUT2D eigenvalue weighted by Crippen LogP contribution is 2.39. The number of para-hydroxylation sites is 1. The molecule has 1 amide bonds. The van der Waals surface area contributed by atoms with Crippen LogP contribution in [0.15, 0.2) is 59.2 Å². The summed E-state index contributed by atoms with van der Waals surface area (Å²) in [6.45, 7) is 0. The number of aromatic nitrogens is 2. The van der Waals surface area contributed by atoms with Crippen LogP contribution in [0.1, 0.15) is 23.5 Å². The molecule has 2 aromatic carbocycles. The second kappa shape index (κ2) is 5.87. The third kappa shape index (κ3) is 2.53. The maximum absolute atomic E-state index is 14.3. The van der Waals surface area contributed by atoms with Crippen LogP contribution in [0.2, 0.25) is 0 Å². The molecule has 1 aliphatic rings. The molecule has 0 spiro atoms. The lowest BCUT2D eigenvalue weighted by Gasteiger charge is -2.24. The van der Waals surface area contributed by atoms with Crippen molar-refractivity contribution in [3.63, 3.8) is 0 Å². The Bertz CT molecular complexity index is 923. The number of hydrogen-bond donors (Lipinski definition) is 1. The van der Waals surface area contributed by atoms with Gasteiger partial charge in [0.2, 0.25) is 5.91 Å². The van der Waals surface area contributed by atoms with E-state index in [4.69, 9.17) is 0 Å². The zero-order valence-electron chi connectivity index (χ0n) is 12.5. The van der Waals surface area contributed by atoms with E-state index < -0.39 is 0 Å². The van der Waals surface area contributed by atoms with E-state index in [9.17, 15) is 9.18 Å². The van der Waals surface area contributed by atoms with Crippen LogP contribution in [0.4, 0.5) is 10.2 Å². The molecule has 3 aromatic rings. The molecular formula is C18H13BrFN3O. The van der Waals surface area contributed by atoms with E-state index in [0.717, 1.165) is 15.7 Å². The van der Waals surface area contributed by atoms with E-state index >= 15 is 0 Å². The molecule has 24 heavy (non-hydrogen) atoms. The minimum absolute atomic E-state index is 0.149. The van der Waals surface area contributed by atoms with Crippen molar-refractivity contribution >= 4 is 27.7 Å². The molecule has 4 rings (SSSR count). The highest BCUT2D eigenvalue weighted by atomic mass is 79.9. The first-order valence-corrected chi connectivity index (χ1v) is 8.31. The van der Waals surface area contributed by atoms with Gasteiger partial charge in [0.1, 0.15) is 11.6 Å². The van der Waals surface area contributed by atoms with E-state index in [0.29, 0.717) is 11.4 Å². The SMILES string of the molecule is O=C1CC(c2cc(Br)ccc2F)c2cnn(-c3ccccc3)c2N1. The Morgan fingerprint density at radius 3 is 2.75 bits per heavy atom. The minimum atomic E-state index is -0.358. The van der Waals surface area contributed by atoms with Gasteiger partial charge in [0, 0.05) is 22.4 Å². The fourth-order valence-electron chi connectivity index (χ4n) is 3.04. The first kappa shape index (κ1) is 15.1. The van der Waals surface area contributed by atoms with E-state index in [1.165, 1.54) is 6.07 Å². The summed E-state index contributed by atoms with van der Waals surface area (Å²) < 4.78 is 16.8. The van der Waals surface area contributed by atoms with Gasteiger partial charge in [-0.15, -0.1) is 0 Å². The van der Waals surface area contributed by atoms with Gasteiger partial charge in [-0.3, -0.25) is 4.79 Å². The number of carbonyl (C=O) groups is 1. The summed E-state index contributed by atoms with van der Waals surface area (Å²) in [5.41, 5.74) is 2.15. The standard InChI is InChI=1S/C18H13BrFN3O/c19-11-6-7-16(20)14(8-11)13-9-17(24)22-18-15(13)10-21-23(18)12-4-2-1-3-5-12/h1-8,10,13H,9H2,(H,22,24). The van der Waals surface area contributed by atoms with Gasteiger partial charge in [-0.1, -0.05) is 34.1 Å². The van der Waals surface area contributed by atoms with Crippen molar-refractivity contribution in [3.05, 3.63) is 76.1 Å². The summed E-state index contributed by atoms with van der Waals surface area (Å²) in [6, 6.07) is 14.3. The van der Waals surface area contributed by atoms with E-state index in [1.807, 2.05) is 30.3 Å². The summed E-state index contributed by atoms with van der Waals surface area (Å²) >= 11 is 3.37. The van der Waals surface area contributed by atoms with Crippen molar-refractivity contribution in [2.45, 2.75) is 12.3 Å². The largest absolute Gasteiger partial charge is 0.310 e. The minimum Gasteiger partial charge on any atom is -0.310 e. The molecule has 4 nitrogen and oxygen atoms in total. The second-order valence-corrected chi connectivity index (χ2v) is 6.58. The first-order valence-electron chi connectivity index (χ1n) is 7.51. The molecule has 1 aliphatic heterocycles. The smallest absolute Gasteiger partial charge is 0.226 e. The Morgan fingerprint density at radius 1 is 1.17 bits per heavy atom. The van der Waals surface area contributed by atoms with Crippen LogP contribution in [0, 0.1) is 5.82 Å². The number of halogens is 2. The summed E-state index contributed by atoms with van der Waals surface area (Å²) in [5, 5.41) is 7.27. The fourth-order valence-corrected chi connectivity index (χ4v) is 3.42. The van der Waals surface area contributed by atoms with Gasteiger partial charge in [-0.25, -0.2) is 9.07 Å². The van der Waals surface area contributed by atoms with Crippen molar-refractivity contribution in [1.82, 2.24) is 9.78 Å². The highest BCUT2D eigenvalue weighted by molar-refractivity contribution is 9.10. The van der Waals surface area contributed by atoms with Gasteiger partial charge < -0.3 is 5.32 Å². The lowest BCUT2D eigenvalue weighted by atomic mass is 9.87. The Balaban J connectivity index is 1.86. The Kier molecular flexibility index (Phi) is 3.69. The fraction of sp³-hybridized carbons (Fsp3) is 0.111. The summed E-state index contributed by atoms with van der Waals surface area (Å²) in [6.07, 6.45) is 1.90. The number of rotatable bonds is 2. The number of nitrogens with one attached hydrogen (secondary N) is 1. The average Bonchev–Trinajstić information content (AvgIpc) is 3.01. The van der Waals surface area contributed by atoms with Crippen molar-refractivity contribution in [3.8, 4) is 5.69 Å². The Hall–Kier alpha value is -2.47. The average molecular weight is 386 g/mol. The predicted octanol–water partition coefficient (Wildman–Crippen LogP) is 4.25. The van der Waals surface area contributed by atoms with Gasteiger partial charge in [0.15, 0.2) is 0 Å². The van der Waals surface area contributed by atoms with Gasteiger partial charge in [0.25, 0.3) is 0 Å². The van der Waals surface area contributed by atoms with Crippen LogP contribution < -0.4 is 5.32 Å². The highest BCUT2D eigenvalue weighted by Gasteiger charge is 2.32. The molecule has 0 saturated carbocycles. The summed E-state index contributed by atoms with van der Waals surface area (Å²) in [4.78, 5) is 12.2. The molecule has 0 aliphatic carbocycles. The van der Waals surface area contributed by atoms with Gasteiger partial charge in [-0.2, -0.15) is 5.10 Å². The number of benzene rings is 2. The predicted molar refractivity (Wildman–Crippen MR) is 92.8 cm³/mol. The molecule has 0 saturated heterocycles. The lowest BCUT2D eigenvalue weighted by molar-refractivity contribution is -0.116. The molecule has 1 atom stereocenters. The third-order valence-electron chi connectivity index (χ3n) is 4.15. The number of carbonyl (C=O) groups excluding carboxylic acids is 1. The number of anilines is 1. The van der Waals surface area contributed by atoms with Crippen LogP contribution in [-0.4, -0.2) is 15.7 Å². The zero-order chi connectivity index (χ0) is 16.7. The molecular weight excluding hydrogens is 373 g/mol. The molecule has 1 N–H and O–H groups in total. The quantitative estimate of drug-likeness (QED) is 0.716. The molecule has 0 radical (unpaired) electrons. The first-order chi connectivity index (χ1) is 11.6. The molecule has 0 bridgehead atoms. The lowest BCUT2D eigenvalue weighted by Crippen LogP contribution is -2.25. The molecule has 6 heteroatoms. The van der Waals surface area contributed by atoms with E-state index in [2.05, 4.69) is 26.3 Å². The topological polar surface area (TPSA) is 46.9 Å². The van der Waals surface area contributed by atoms with Crippen LogP contribution in [0.3, 0.4) is 0 Å². The normalized spacial score (nSPS) is 16.6.